The van der Waals surface area contributed by atoms with Gasteiger partial charge in [-0.1, -0.05) is 25.1 Å². The minimum atomic E-state index is -0.595. The molecule has 2 N–H and O–H groups in total. The Kier molecular flexibility index (Phi) is 2.98. The number of hydrogen-bond acceptors (Lipinski definition) is 4. The zero-order chi connectivity index (χ0) is 18.3. The fraction of sp³-hybridized carbons (Fsp3) is 0.500. The van der Waals surface area contributed by atoms with Crippen LogP contribution in [-0.4, -0.2) is 21.8 Å². The van der Waals surface area contributed by atoms with Crippen LogP contribution in [0.1, 0.15) is 63.2 Å². The van der Waals surface area contributed by atoms with E-state index in [0.29, 0.717) is 6.42 Å². The summed E-state index contributed by atoms with van der Waals surface area (Å²) in [5.41, 5.74) is 1.46. The van der Waals surface area contributed by atoms with Crippen LogP contribution in [0.25, 0.3) is 10.8 Å². The Balaban J connectivity index is 1.76. The smallest absolute Gasteiger partial charge is 0.303 e. The largest absolute Gasteiger partial charge is 0.508 e. The molecule has 0 spiro atoms. The lowest BCUT2D eigenvalue weighted by molar-refractivity contribution is -0.170. The highest BCUT2D eigenvalue weighted by Crippen LogP contribution is 2.74. The predicted octanol–water partition coefficient (Wildman–Crippen LogP) is 4.12. The number of fused-ring (bicyclic) bond motifs is 3. The molecule has 3 aliphatic rings. The minimum absolute atomic E-state index is 0.0525. The third-order valence-electron chi connectivity index (χ3n) is 7.81. The lowest BCUT2D eigenvalue weighted by Crippen LogP contribution is -2.50. The molecule has 4 heteroatoms. The molecule has 2 atom stereocenters. The molecule has 136 valence electrons. The van der Waals surface area contributed by atoms with Gasteiger partial charge >= 0.3 is 5.97 Å². The molecule has 26 heavy (non-hydrogen) atoms. The Morgan fingerprint density at radius 2 is 1.88 bits per heavy atom. The summed E-state index contributed by atoms with van der Waals surface area (Å²) in [6, 6.07) is 9.53. The normalized spacial score (nSPS) is 37.4. The molecule has 2 aromatic rings. The van der Waals surface area contributed by atoms with Gasteiger partial charge in [0, 0.05) is 17.8 Å². The second kappa shape index (κ2) is 4.80. The number of hydrogen-bond donors (Lipinski definition) is 2. The quantitative estimate of drug-likeness (QED) is 0.758. The molecule has 5 rings (SSSR count). The highest BCUT2D eigenvalue weighted by molar-refractivity contribution is 5.89. The van der Waals surface area contributed by atoms with Crippen LogP contribution >= 0.6 is 0 Å². The molecule has 2 bridgehead atoms. The van der Waals surface area contributed by atoms with Crippen LogP contribution in [-0.2, 0) is 14.9 Å². The standard InChI is InChI=1S/C22H24O4/c1-13(23)26-22-9-7-21(8-10-22)17-6-3-14-11-15(24)4-5-16(14)19(17)18(25)12-20(21,22)2/h3-6,11,18,24-25H,7-10,12H2,1-2H3/t18-,20-,21?,22?/m0/s1. The summed E-state index contributed by atoms with van der Waals surface area (Å²) in [4.78, 5) is 11.8. The van der Waals surface area contributed by atoms with Gasteiger partial charge in [0.1, 0.15) is 11.4 Å². The van der Waals surface area contributed by atoms with E-state index in [0.717, 1.165) is 42.0 Å². The number of aliphatic hydroxyl groups excluding tert-OH is 1. The SMILES string of the molecule is CC(=O)OC12CCC3(CC1)c1ccc4cc(O)ccc4c1[C@@H](O)C[C@]23C. The number of aliphatic hydroxyl groups is 1. The van der Waals surface area contributed by atoms with Crippen molar-refractivity contribution in [1.82, 2.24) is 0 Å². The van der Waals surface area contributed by atoms with Gasteiger partial charge in [0.05, 0.1) is 6.10 Å². The van der Waals surface area contributed by atoms with Crippen molar-refractivity contribution in [3.8, 4) is 5.75 Å². The summed E-state index contributed by atoms with van der Waals surface area (Å²) < 4.78 is 5.94. The van der Waals surface area contributed by atoms with Crippen molar-refractivity contribution in [2.75, 3.05) is 0 Å². The Hall–Kier alpha value is -2.07. The second-order valence-corrected chi connectivity index (χ2v) is 8.65. The first-order valence-corrected chi connectivity index (χ1v) is 9.46. The van der Waals surface area contributed by atoms with Gasteiger partial charge in [0.2, 0.25) is 0 Å². The van der Waals surface area contributed by atoms with Crippen LogP contribution in [0, 0.1) is 5.41 Å². The molecule has 0 aromatic heterocycles. The number of ether oxygens (including phenoxy) is 1. The summed E-state index contributed by atoms with van der Waals surface area (Å²) in [7, 11) is 0. The number of benzene rings is 2. The molecule has 0 radical (unpaired) electrons. The molecule has 2 aromatic carbocycles. The van der Waals surface area contributed by atoms with Crippen LogP contribution in [0.2, 0.25) is 0 Å². The summed E-state index contributed by atoms with van der Waals surface area (Å²) >= 11 is 0. The number of rotatable bonds is 1. The summed E-state index contributed by atoms with van der Waals surface area (Å²) in [6.45, 7) is 3.70. The number of esters is 1. The van der Waals surface area contributed by atoms with Crippen molar-refractivity contribution >= 4 is 16.7 Å². The first kappa shape index (κ1) is 16.1. The Labute approximate surface area is 152 Å². The first-order chi connectivity index (χ1) is 12.3. The zero-order valence-corrected chi connectivity index (χ0v) is 15.2. The third-order valence-corrected chi connectivity index (χ3v) is 7.81. The maximum Gasteiger partial charge on any atom is 0.303 e. The van der Waals surface area contributed by atoms with Crippen LogP contribution in [0.5, 0.6) is 5.75 Å². The lowest BCUT2D eigenvalue weighted by Gasteiger charge is -2.50. The Bertz CT molecular complexity index is 939. The number of phenols is 1. The third kappa shape index (κ3) is 1.67. The van der Waals surface area contributed by atoms with Crippen molar-refractivity contribution < 1.29 is 19.7 Å². The van der Waals surface area contributed by atoms with Gasteiger partial charge in [0.15, 0.2) is 0 Å². The summed E-state index contributed by atoms with van der Waals surface area (Å²) in [5, 5.41) is 22.9. The van der Waals surface area contributed by atoms with Gasteiger partial charge in [-0.15, -0.1) is 0 Å². The average molecular weight is 352 g/mol. The molecular weight excluding hydrogens is 328 g/mol. The second-order valence-electron chi connectivity index (χ2n) is 8.65. The van der Waals surface area contributed by atoms with Gasteiger partial charge in [-0.25, -0.2) is 0 Å². The van der Waals surface area contributed by atoms with Crippen LogP contribution in [0.3, 0.4) is 0 Å². The van der Waals surface area contributed by atoms with Crippen LogP contribution < -0.4 is 0 Å². The highest BCUT2D eigenvalue weighted by Gasteiger charge is 2.74. The molecule has 0 unspecified atom stereocenters. The predicted molar refractivity (Wildman–Crippen MR) is 97.9 cm³/mol. The van der Waals surface area contributed by atoms with E-state index in [2.05, 4.69) is 13.0 Å². The molecule has 2 fully saturated rings. The molecule has 0 heterocycles. The molecule has 4 nitrogen and oxygen atoms in total. The monoisotopic (exact) mass is 352 g/mol. The van der Waals surface area contributed by atoms with Gasteiger partial charge in [0.25, 0.3) is 0 Å². The van der Waals surface area contributed by atoms with Crippen LogP contribution in [0.4, 0.5) is 0 Å². The van der Waals surface area contributed by atoms with E-state index in [-0.39, 0.29) is 22.5 Å². The van der Waals surface area contributed by atoms with E-state index in [9.17, 15) is 15.0 Å². The van der Waals surface area contributed by atoms with Gasteiger partial charge in [-0.05, 0) is 66.1 Å². The molecule has 2 saturated carbocycles. The fourth-order valence-electron chi connectivity index (χ4n) is 6.66. The topological polar surface area (TPSA) is 66.8 Å². The number of aromatic hydroxyl groups is 1. The van der Waals surface area contributed by atoms with E-state index >= 15 is 0 Å². The highest BCUT2D eigenvalue weighted by atomic mass is 16.6. The number of phenolic OH excluding ortho intramolecular Hbond substituents is 1. The molecule has 0 amide bonds. The average Bonchev–Trinajstić information content (AvgIpc) is 2.96. The van der Waals surface area contributed by atoms with Crippen molar-refractivity contribution in [2.45, 2.75) is 63.1 Å². The lowest BCUT2D eigenvalue weighted by atomic mass is 9.55. The van der Waals surface area contributed by atoms with Crippen molar-refractivity contribution in [3.63, 3.8) is 0 Å². The molecular formula is C22H24O4. The fourth-order valence-corrected chi connectivity index (χ4v) is 6.66. The Morgan fingerprint density at radius 1 is 1.15 bits per heavy atom. The van der Waals surface area contributed by atoms with Crippen molar-refractivity contribution in [1.29, 1.82) is 0 Å². The summed E-state index contributed by atoms with van der Waals surface area (Å²) in [5.74, 6) is 0.0135. The maximum atomic E-state index is 11.8. The van der Waals surface area contributed by atoms with E-state index in [1.54, 1.807) is 12.1 Å². The van der Waals surface area contributed by atoms with Crippen LogP contribution in [0.15, 0.2) is 30.3 Å². The van der Waals surface area contributed by atoms with Gasteiger partial charge in [-0.3, -0.25) is 4.79 Å². The zero-order valence-electron chi connectivity index (χ0n) is 15.2. The molecule has 0 aliphatic heterocycles. The van der Waals surface area contributed by atoms with Gasteiger partial charge in [-0.2, -0.15) is 0 Å². The molecule has 3 aliphatic carbocycles. The number of carbonyl (C=O) groups is 1. The van der Waals surface area contributed by atoms with Crippen molar-refractivity contribution in [3.05, 3.63) is 41.5 Å². The van der Waals surface area contributed by atoms with E-state index < -0.39 is 11.7 Å². The van der Waals surface area contributed by atoms with Crippen molar-refractivity contribution in [2.24, 2.45) is 5.41 Å². The first-order valence-electron chi connectivity index (χ1n) is 9.46. The Morgan fingerprint density at radius 3 is 2.58 bits per heavy atom. The molecule has 0 saturated heterocycles. The number of carbonyl (C=O) groups excluding carboxylic acids is 1. The maximum absolute atomic E-state index is 11.8. The van der Waals surface area contributed by atoms with Gasteiger partial charge < -0.3 is 14.9 Å². The summed E-state index contributed by atoms with van der Waals surface area (Å²) in [6.07, 6.45) is 3.71. The van der Waals surface area contributed by atoms with E-state index in [4.69, 9.17) is 4.74 Å². The van der Waals surface area contributed by atoms with E-state index in [1.807, 2.05) is 12.1 Å². The minimum Gasteiger partial charge on any atom is -0.508 e. The van der Waals surface area contributed by atoms with E-state index in [1.165, 1.54) is 12.5 Å².